The first kappa shape index (κ1) is 15.0. The molecule has 1 aromatic rings. The van der Waals surface area contributed by atoms with Gasteiger partial charge in [0.2, 0.25) is 0 Å². The van der Waals surface area contributed by atoms with Gasteiger partial charge < -0.3 is 9.64 Å². The molecule has 0 fully saturated rings. The van der Waals surface area contributed by atoms with Crippen LogP contribution in [0.1, 0.15) is 31.4 Å². The van der Waals surface area contributed by atoms with Crippen LogP contribution < -0.4 is 4.74 Å². The largest absolute Gasteiger partial charge is 0.496 e. The van der Waals surface area contributed by atoms with Crippen molar-refractivity contribution in [2.75, 3.05) is 27.7 Å². The SMILES string of the molecule is COc1cc(CCC(C)(C)CN(C)C)ccc1C. The summed E-state index contributed by atoms with van der Waals surface area (Å²) >= 11 is 0. The van der Waals surface area contributed by atoms with Gasteiger partial charge in [-0.25, -0.2) is 0 Å². The minimum Gasteiger partial charge on any atom is -0.496 e. The van der Waals surface area contributed by atoms with Crippen LogP contribution in [0.2, 0.25) is 0 Å². The lowest BCUT2D eigenvalue weighted by Crippen LogP contribution is -2.28. The van der Waals surface area contributed by atoms with Gasteiger partial charge in [-0.1, -0.05) is 26.0 Å². The molecule has 0 spiro atoms. The van der Waals surface area contributed by atoms with Gasteiger partial charge in [0.1, 0.15) is 5.75 Å². The molecule has 0 unspecified atom stereocenters. The van der Waals surface area contributed by atoms with Crippen LogP contribution in [0.15, 0.2) is 18.2 Å². The number of hydrogen-bond acceptors (Lipinski definition) is 2. The average molecular weight is 249 g/mol. The molecule has 0 N–H and O–H groups in total. The van der Waals surface area contributed by atoms with Gasteiger partial charge in [0.25, 0.3) is 0 Å². The molecule has 0 heterocycles. The third kappa shape index (κ3) is 4.69. The summed E-state index contributed by atoms with van der Waals surface area (Å²) in [6.07, 6.45) is 2.30. The fraction of sp³-hybridized carbons (Fsp3) is 0.625. The predicted molar refractivity (Wildman–Crippen MR) is 78.4 cm³/mol. The summed E-state index contributed by atoms with van der Waals surface area (Å²) in [6.45, 7) is 7.87. The molecule has 0 aromatic heterocycles. The van der Waals surface area contributed by atoms with E-state index in [0.717, 1.165) is 18.7 Å². The van der Waals surface area contributed by atoms with E-state index in [0.29, 0.717) is 5.41 Å². The predicted octanol–water partition coefficient (Wildman–Crippen LogP) is 3.52. The van der Waals surface area contributed by atoms with Gasteiger partial charge in [-0.3, -0.25) is 0 Å². The molecule has 1 aromatic carbocycles. The zero-order valence-corrected chi connectivity index (χ0v) is 12.7. The van der Waals surface area contributed by atoms with Crippen molar-refractivity contribution in [3.8, 4) is 5.75 Å². The number of nitrogens with zero attached hydrogens (tertiary/aromatic N) is 1. The highest BCUT2D eigenvalue weighted by Gasteiger charge is 2.18. The van der Waals surface area contributed by atoms with Crippen LogP contribution in [0.3, 0.4) is 0 Å². The van der Waals surface area contributed by atoms with Gasteiger partial charge in [-0.2, -0.15) is 0 Å². The summed E-state index contributed by atoms with van der Waals surface area (Å²) in [5, 5.41) is 0. The second-order valence-electron chi connectivity index (χ2n) is 6.21. The molecule has 18 heavy (non-hydrogen) atoms. The molecule has 1 rings (SSSR count). The Labute approximate surface area is 112 Å². The quantitative estimate of drug-likeness (QED) is 0.765. The maximum atomic E-state index is 5.37. The number of aryl methyl sites for hydroxylation is 2. The van der Waals surface area contributed by atoms with E-state index < -0.39 is 0 Å². The Bertz CT molecular complexity index is 383. The van der Waals surface area contributed by atoms with Crippen LogP contribution in [0.4, 0.5) is 0 Å². The molecule has 0 amide bonds. The van der Waals surface area contributed by atoms with Crippen molar-refractivity contribution >= 4 is 0 Å². The lowest BCUT2D eigenvalue weighted by atomic mass is 9.85. The normalized spacial score (nSPS) is 11.9. The molecule has 2 heteroatoms. The van der Waals surface area contributed by atoms with Crippen molar-refractivity contribution in [2.45, 2.75) is 33.6 Å². The van der Waals surface area contributed by atoms with Gasteiger partial charge >= 0.3 is 0 Å². The second kappa shape index (κ2) is 6.24. The fourth-order valence-electron chi connectivity index (χ4n) is 2.44. The average Bonchev–Trinajstić information content (AvgIpc) is 2.26. The topological polar surface area (TPSA) is 12.5 Å². The zero-order chi connectivity index (χ0) is 13.8. The highest BCUT2D eigenvalue weighted by molar-refractivity contribution is 5.36. The van der Waals surface area contributed by atoms with Crippen LogP contribution in [-0.2, 0) is 6.42 Å². The molecule has 0 saturated carbocycles. The monoisotopic (exact) mass is 249 g/mol. The van der Waals surface area contributed by atoms with Crippen molar-refractivity contribution in [2.24, 2.45) is 5.41 Å². The van der Waals surface area contributed by atoms with Crippen LogP contribution in [-0.4, -0.2) is 32.6 Å². The van der Waals surface area contributed by atoms with E-state index in [-0.39, 0.29) is 0 Å². The first-order valence-corrected chi connectivity index (χ1v) is 6.62. The van der Waals surface area contributed by atoms with Crippen molar-refractivity contribution in [1.29, 1.82) is 0 Å². The zero-order valence-electron chi connectivity index (χ0n) is 12.7. The van der Waals surface area contributed by atoms with E-state index >= 15 is 0 Å². The summed E-state index contributed by atoms with van der Waals surface area (Å²) < 4.78 is 5.37. The molecular weight excluding hydrogens is 222 g/mol. The highest BCUT2D eigenvalue weighted by Crippen LogP contribution is 2.26. The molecule has 0 aliphatic rings. The maximum Gasteiger partial charge on any atom is 0.122 e. The smallest absolute Gasteiger partial charge is 0.122 e. The number of methoxy groups -OCH3 is 1. The van der Waals surface area contributed by atoms with Crippen LogP contribution in [0.5, 0.6) is 5.75 Å². The summed E-state index contributed by atoms with van der Waals surface area (Å²) in [6, 6.07) is 6.53. The molecule has 0 bridgehead atoms. The highest BCUT2D eigenvalue weighted by atomic mass is 16.5. The summed E-state index contributed by atoms with van der Waals surface area (Å²) in [5.74, 6) is 0.998. The molecule has 0 atom stereocenters. The Hall–Kier alpha value is -1.02. The number of hydrogen-bond donors (Lipinski definition) is 0. The third-order valence-electron chi connectivity index (χ3n) is 3.31. The second-order valence-corrected chi connectivity index (χ2v) is 6.21. The van der Waals surface area contributed by atoms with E-state index in [2.05, 4.69) is 58.0 Å². The van der Waals surface area contributed by atoms with Gasteiger partial charge in [0.15, 0.2) is 0 Å². The van der Waals surface area contributed by atoms with Crippen molar-refractivity contribution in [3.63, 3.8) is 0 Å². The molecule has 102 valence electrons. The van der Waals surface area contributed by atoms with Gasteiger partial charge in [-0.05, 0) is 56.5 Å². The van der Waals surface area contributed by atoms with E-state index in [1.165, 1.54) is 17.5 Å². The van der Waals surface area contributed by atoms with E-state index in [1.54, 1.807) is 7.11 Å². The standard InChI is InChI=1S/C16H27NO/c1-13-7-8-14(11-15(13)18-6)9-10-16(2,3)12-17(4)5/h7-8,11H,9-10,12H2,1-6H3. The first-order valence-electron chi connectivity index (χ1n) is 6.62. The van der Waals surface area contributed by atoms with Crippen molar-refractivity contribution < 1.29 is 4.74 Å². The van der Waals surface area contributed by atoms with Crippen molar-refractivity contribution in [3.05, 3.63) is 29.3 Å². The molecule has 0 saturated heterocycles. The first-order chi connectivity index (χ1) is 8.34. The molecular formula is C16H27NO. The molecule has 0 aliphatic heterocycles. The van der Waals surface area contributed by atoms with Gasteiger partial charge in [0, 0.05) is 6.54 Å². The Balaban J connectivity index is 2.63. The van der Waals surface area contributed by atoms with Crippen LogP contribution in [0, 0.1) is 12.3 Å². The maximum absolute atomic E-state index is 5.37. The molecule has 2 nitrogen and oxygen atoms in total. The van der Waals surface area contributed by atoms with Gasteiger partial charge in [0.05, 0.1) is 7.11 Å². The Morgan fingerprint density at radius 3 is 2.44 bits per heavy atom. The van der Waals surface area contributed by atoms with Crippen LogP contribution in [0.25, 0.3) is 0 Å². The van der Waals surface area contributed by atoms with Gasteiger partial charge in [-0.15, -0.1) is 0 Å². The van der Waals surface area contributed by atoms with Crippen LogP contribution >= 0.6 is 0 Å². The summed E-state index contributed by atoms with van der Waals surface area (Å²) in [4.78, 5) is 2.26. The minimum absolute atomic E-state index is 0.349. The van der Waals surface area contributed by atoms with E-state index in [9.17, 15) is 0 Å². The summed E-state index contributed by atoms with van der Waals surface area (Å²) in [7, 11) is 6.01. The van der Waals surface area contributed by atoms with Crippen molar-refractivity contribution in [1.82, 2.24) is 4.90 Å². The third-order valence-corrected chi connectivity index (χ3v) is 3.31. The Morgan fingerprint density at radius 2 is 1.89 bits per heavy atom. The number of rotatable bonds is 6. The Morgan fingerprint density at radius 1 is 1.22 bits per heavy atom. The molecule has 0 radical (unpaired) electrons. The molecule has 0 aliphatic carbocycles. The number of benzene rings is 1. The van der Waals surface area contributed by atoms with E-state index in [1.807, 2.05) is 0 Å². The number of ether oxygens (including phenoxy) is 1. The lowest BCUT2D eigenvalue weighted by molar-refractivity contribution is 0.226. The van der Waals surface area contributed by atoms with E-state index in [4.69, 9.17) is 4.74 Å². The summed E-state index contributed by atoms with van der Waals surface area (Å²) in [5.41, 5.74) is 2.92. The lowest BCUT2D eigenvalue weighted by Gasteiger charge is -2.28. The fourth-order valence-corrected chi connectivity index (χ4v) is 2.44. The Kier molecular flexibility index (Phi) is 5.21. The minimum atomic E-state index is 0.349.